The van der Waals surface area contributed by atoms with E-state index in [9.17, 15) is 14.7 Å². The highest BCUT2D eigenvalue weighted by Crippen LogP contribution is 2.35. The van der Waals surface area contributed by atoms with Gasteiger partial charge in [0.15, 0.2) is 5.43 Å². The maximum Gasteiger partial charge on any atom is 0.337 e. The van der Waals surface area contributed by atoms with E-state index in [1.54, 1.807) is 31.2 Å². The first-order valence-corrected chi connectivity index (χ1v) is 11.1. The van der Waals surface area contributed by atoms with Crippen LogP contribution in [0, 0.1) is 13.8 Å². The third-order valence-electron chi connectivity index (χ3n) is 6.22. The van der Waals surface area contributed by atoms with Gasteiger partial charge < -0.3 is 19.8 Å². The molecule has 3 N–H and O–H groups in total. The van der Waals surface area contributed by atoms with E-state index in [-0.39, 0.29) is 17.0 Å². The van der Waals surface area contributed by atoms with Gasteiger partial charge in [0.2, 0.25) is 0 Å². The first-order chi connectivity index (χ1) is 16.3. The van der Waals surface area contributed by atoms with Crippen molar-refractivity contribution in [3.63, 3.8) is 0 Å². The molecule has 6 heteroatoms. The molecular weight excluding hydrogens is 428 g/mol. The number of rotatable bonds is 5. The van der Waals surface area contributed by atoms with Gasteiger partial charge in [-0.3, -0.25) is 4.79 Å². The maximum absolute atomic E-state index is 13.4. The summed E-state index contributed by atoms with van der Waals surface area (Å²) >= 11 is 0. The van der Waals surface area contributed by atoms with E-state index in [0.29, 0.717) is 28.0 Å². The van der Waals surface area contributed by atoms with Crippen LogP contribution in [0.3, 0.4) is 0 Å². The van der Waals surface area contributed by atoms with Gasteiger partial charge in [-0.1, -0.05) is 36.4 Å². The van der Waals surface area contributed by atoms with Gasteiger partial charge in [0, 0.05) is 39.5 Å². The Hall–Kier alpha value is -4.32. The molecule has 0 fully saturated rings. The zero-order valence-corrected chi connectivity index (χ0v) is 19.1. The summed E-state index contributed by atoms with van der Waals surface area (Å²) in [6.07, 6.45) is 1.86. The van der Waals surface area contributed by atoms with Crippen LogP contribution in [0.1, 0.15) is 40.0 Å². The second kappa shape index (κ2) is 8.23. The Morgan fingerprint density at radius 3 is 2.56 bits per heavy atom. The summed E-state index contributed by atoms with van der Waals surface area (Å²) in [4.78, 5) is 28.4. The monoisotopic (exact) mass is 452 g/mol. The molecule has 0 amide bonds. The average Bonchev–Trinajstić information content (AvgIpc) is 3.25. The highest BCUT2D eigenvalue weighted by Gasteiger charge is 2.21. The number of aromatic nitrogens is 1. The van der Waals surface area contributed by atoms with Crippen LogP contribution in [0.2, 0.25) is 0 Å². The third kappa shape index (κ3) is 3.53. The molecule has 34 heavy (non-hydrogen) atoms. The molecular formula is C28H24N2O4. The van der Waals surface area contributed by atoms with E-state index in [2.05, 4.69) is 10.3 Å². The number of hydrogen-bond donors (Lipinski definition) is 3. The minimum Gasteiger partial charge on any atom is -0.478 e. The Morgan fingerprint density at radius 2 is 1.76 bits per heavy atom. The standard InChI is InChI=1S/C28H24N2O4/c1-15-12-20(17(3)30-24-11-7-5-9-19(24)28(32)33)27-21(13-15)25(31)16(2)26(34-27)22-14-29-23-10-6-4-8-18(22)23/h4-14,17,29-30H,1-3H3,(H,32,33)/t17-/m1/s1. The fourth-order valence-electron chi connectivity index (χ4n) is 4.51. The summed E-state index contributed by atoms with van der Waals surface area (Å²) in [6, 6.07) is 18.1. The molecule has 5 rings (SSSR count). The first-order valence-electron chi connectivity index (χ1n) is 11.1. The highest BCUT2D eigenvalue weighted by atomic mass is 16.4. The Kier molecular flexibility index (Phi) is 5.21. The maximum atomic E-state index is 13.4. The highest BCUT2D eigenvalue weighted by molar-refractivity contribution is 5.96. The van der Waals surface area contributed by atoms with Gasteiger partial charge in [0.05, 0.1) is 17.0 Å². The van der Waals surface area contributed by atoms with Crippen LogP contribution in [0.4, 0.5) is 5.69 Å². The summed E-state index contributed by atoms with van der Waals surface area (Å²) in [5.74, 6) is -0.480. The summed E-state index contributed by atoms with van der Waals surface area (Å²) < 4.78 is 6.47. The number of fused-ring (bicyclic) bond motifs is 2. The van der Waals surface area contributed by atoms with E-state index in [0.717, 1.165) is 27.6 Å². The number of H-pyrrole nitrogens is 1. The number of carboxylic acids is 1. The van der Waals surface area contributed by atoms with Crippen molar-refractivity contribution in [2.75, 3.05) is 5.32 Å². The van der Waals surface area contributed by atoms with Crippen molar-refractivity contribution >= 4 is 33.5 Å². The predicted molar refractivity (Wildman–Crippen MR) is 135 cm³/mol. The van der Waals surface area contributed by atoms with Crippen molar-refractivity contribution in [1.29, 1.82) is 0 Å². The second-order valence-corrected chi connectivity index (χ2v) is 8.58. The Balaban J connectivity index is 1.70. The molecule has 0 unspecified atom stereocenters. The Bertz CT molecular complexity index is 1630. The molecule has 6 nitrogen and oxygen atoms in total. The smallest absolute Gasteiger partial charge is 0.337 e. The van der Waals surface area contributed by atoms with Crippen molar-refractivity contribution in [1.82, 2.24) is 4.98 Å². The molecule has 1 atom stereocenters. The summed E-state index contributed by atoms with van der Waals surface area (Å²) in [5, 5.41) is 14.3. The molecule has 0 bridgehead atoms. The quantitative estimate of drug-likeness (QED) is 0.286. The number of carboxylic acid groups (broad SMARTS) is 1. The van der Waals surface area contributed by atoms with Gasteiger partial charge in [-0.15, -0.1) is 0 Å². The Morgan fingerprint density at radius 1 is 1.03 bits per heavy atom. The van der Waals surface area contributed by atoms with Crippen molar-refractivity contribution < 1.29 is 14.3 Å². The van der Waals surface area contributed by atoms with Gasteiger partial charge in [0.1, 0.15) is 11.3 Å². The van der Waals surface area contributed by atoms with E-state index in [1.165, 1.54) is 0 Å². The molecule has 0 aliphatic rings. The zero-order chi connectivity index (χ0) is 24.0. The van der Waals surface area contributed by atoms with Crippen LogP contribution in [0.15, 0.2) is 76.1 Å². The average molecular weight is 453 g/mol. The minimum absolute atomic E-state index is 0.0791. The largest absolute Gasteiger partial charge is 0.478 e. The number of nitrogens with one attached hydrogen (secondary N) is 2. The van der Waals surface area contributed by atoms with Crippen molar-refractivity contribution in [2.45, 2.75) is 26.8 Å². The predicted octanol–water partition coefficient (Wildman–Crippen LogP) is 6.43. The van der Waals surface area contributed by atoms with Crippen molar-refractivity contribution in [3.05, 3.63) is 99.3 Å². The van der Waals surface area contributed by atoms with E-state index in [1.807, 2.05) is 56.4 Å². The van der Waals surface area contributed by atoms with Gasteiger partial charge in [0.25, 0.3) is 0 Å². The number of aromatic carboxylic acids is 1. The normalized spacial score (nSPS) is 12.2. The summed E-state index contributed by atoms with van der Waals surface area (Å²) in [5.41, 5.74) is 5.15. The third-order valence-corrected chi connectivity index (χ3v) is 6.22. The molecule has 0 spiro atoms. The molecule has 170 valence electrons. The van der Waals surface area contributed by atoms with E-state index < -0.39 is 5.97 Å². The number of para-hydroxylation sites is 2. The van der Waals surface area contributed by atoms with E-state index in [4.69, 9.17) is 4.42 Å². The molecule has 2 aromatic heterocycles. The number of benzene rings is 3. The van der Waals surface area contributed by atoms with Crippen LogP contribution in [-0.2, 0) is 0 Å². The first kappa shape index (κ1) is 21.5. The second-order valence-electron chi connectivity index (χ2n) is 8.58. The summed E-state index contributed by atoms with van der Waals surface area (Å²) in [7, 11) is 0. The SMILES string of the molecule is Cc1cc([C@@H](C)Nc2ccccc2C(=O)O)c2oc(-c3c[nH]c4ccccc34)c(C)c(=O)c2c1. The molecule has 0 aliphatic carbocycles. The lowest BCUT2D eigenvalue weighted by Crippen LogP contribution is -2.14. The lowest BCUT2D eigenvalue weighted by Gasteiger charge is -2.19. The topological polar surface area (TPSA) is 95.3 Å². The summed E-state index contributed by atoms with van der Waals surface area (Å²) in [6.45, 7) is 5.65. The van der Waals surface area contributed by atoms with Crippen LogP contribution < -0.4 is 10.7 Å². The van der Waals surface area contributed by atoms with Crippen molar-refractivity contribution in [3.8, 4) is 11.3 Å². The van der Waals surface area contributed by atoms with Gasteiger partial charge in [-0.25, -0.2) is 4.79 Å². The van der Waals surface area contributed by atoms with Crippen LogP contribution in [0.5, 0.6) is 0 Å². The molecule has 0 saturated heterocycles. The van der Waals surface area contributed by atoms with Gasteiger partial charge in [-0.2, -0.15) is 0 Å². The molecule has 2 heterocycles. The molecule has 0 aliphatic heterocycles. The van der Waals surface area contributed by atoms with Crippen molar-refractivity contribution in [2.24, 2.45) is 0 Å². The number of carbonyl (C=O) groups is 1. The van der Waals surface area contributed by atoms with Crippen LogP contribution in [-0.4, -0.2) is 16.1 Å². The lowest BCUT2D eigenvalue weighted by atomic mass is 9.98. The van der Waals surface area contributed by atoms with E-state index >= 15 is 0 Å². The fraction of sp³-hybridized carbons (Fsp3) is 0.143. The number of aromatic amines is 1. The van der Waals surface area contributed by atoms with Crippen LogP contribution in [0.25, 0.3) is 33.2 Å². The fourth-order valence-corrected chi connectivity index (χ4v) is 4.51. The number of anilines is 1. The number of hydrogen-bond acceptors (Lipinski definition) is 4. The molecule has 0 radical (unpaired) electrons. The van der Waals surface area contributed by atoms with Crippen LogP contribution >= 0.6 is 0 Å². The molecule has 3 aromatic carbocycles. The van der Waals surface area contributed by atoms with Gasteiger partial charge >= 0.3 is 5.97 Å². The zero-order valence-electron chi connectivity index (χ0n) is 19.1. The molecule has 5 aromatic rings. The Labute approximate surface area is 195 Å². The minimum atomic E-state index is -1.01. The lowest BCUT2D eigenvalue weighted by molar-refractivity contribution is 0.0698. The molecule has 0 saturated carbocycles. The van der Waals surface area contributed by atoms with Gasteiger partial charge in [-0.05, 0) is 50.6 Å². The number of aryl methyl sites for hydroxylation is 1.